The molecule has 6 aromatic rings. The van der Waals surface area contributed by atoms with E-state index < -0.39 is 0 Å². The zero-order valence-corrected chi connectivity index (χ0v) is 30.3. The average molecular weight is 704 g/mol. The lowest BCUT2D eigenvalue weighted by Gasteiger charge is -2.34. The van der Waals surface area contributed by atoms with Crippen LogP contribution in [-0.2, 0) is 0 Å². The Bertz CT molecular complexity index is 2150. The molecule has 0 spiro atoms. The lowest BCUT2D eigenvalue weighted by atomic mass is 10.0. The molecule has 1 aliphatic rings. The maximum atomic E-state index is 12.7. The molecule has 1 fully saturated rings. The van der Waals surface area contributed by atoms with Crippen LogP contribution >= 0.6 is 11.3 Å². The Balaban J connectivity index is 0.978. The van der Waals surface area contributed by atoms with Gasteiger partial charge in [0.2, 0.25) is 5.91 Å². The number of rotatable bonds is 11. The number of hydrogen-bond acceptors (Lipinski definition) is 10. The molecule has 0 bridgehead atoms. The van der Waals surface area contributed by atoms with E-state index in [1.165, 1.54) is 16.3 Å². The zero-order valence-electron chi connectivity index (χ0n) is 29.5. The highest BCUT2D eigenvalue weighted by Crippen LogP contribution is 2.36. The summed E-state index contributed by atoms with van der Waals surface area (Å²) in [7, 11) is 3.28. The molecule has 2 aromatic heterocycles. The molecule has 0 saturated carbocycles. The highest BCUT2D eigenvalue weighted by atomic mass is 32.1. The van der Waals surface area contributed by atoms with E-state index in [0.717, 1.165) is 76.0 Å². The number of carbonyl (C=O) groups is 1. The van der Waals surface area contributed by atoms with E-state index in [1.807, 2.05) is 74.5 Å². The van der Waals surface area contributed by atoms with Crippen LogP contribution < -0.4 is 18.9 Å². The summed E-state index contributed by atoms with van der Waals surface area (Å²) in [6.07, 6.45) is 0. The number of carbonyl (C=O) groups excluding carboxylic acids is 1. The van der Waals surface area contributed by atoms with Gasteiger partial charge in [-0.2, -0.15) is 9.78 Å². The van der Waals surface area contributed by atoms with Crippen LogP contribution in [0, 0.1) is 13.8 Å². The molecule has 3 heterocycles. The number of aromatic nitrogens is 3. The lowest BCUT2D eigenvalue weighted by molar-refractivity contribution is 0.0325. The van der Waals surface area contributed by atoms with Crippen molar-refractivity contribution in [3.05, 3.63) is 96.1 Å². The van der Waals surface area contributed by atoms with Crippen LogP contribution in [0.5, 0.6) is 23.0 Å². The van der Waals surface area contributed by atoms with Gasteiger partial charge in [0.1, 0.15) is 30.0 Å². The molecule has 0 amide bonds. The fourth-order valence-electron chi connectivity index (χ4n) is 6.19. The standard InChI is InChI=1S/C40H41N5O5S/c1-26-19-31(22-37(48-5)27(26)2)34-23-35(45(42-34)28(3)46)29-13-14-36(47-4)38(21-29)50-25-44-17-15-43(16-18-44)24-49-32-10-8-9-30(20-32)40-41-33-11-6-7-12-39(33)51-40/h6-14,19-23H,15-18,24-25H2,1-5H3. The third-order valence-electron chi connectivity index (χ3n) is 9.26. The van der Waals surface area contributed by atoms with E-state index >= 15 is 0 Å². The maximum Gasteiger partial charge on any atom is 0.244 e. The first kappa shape index (κ1) is 34.2. The summed E-state index contributed by atoms with van der Waals surface area (Å²) in [6, 6.07) is 28.0. The Morgan fingerprint density at radius 3 is 2.20 bits per heavy atom. The highest BCUT2D eigenvalue weighted by Gasteiger charge is 2.21. The van der Waals surface area contributed by atoms with Gasteiger partial charge in [-0.15, -0.1) is 11.3 Å². The van der Waals surface area contributed by atoms with Crippen LogP contribution in [0.3, 0.4) is 0 Å². The monoisotopic (exact) mass is 703 g/mol. The van der Waals surface area contributed by atoms with Crippen LogP contribution in [0.15, 0.2) is 84.9 Å². The molecule has 1 aliphatic heterocycles. The van der Waals surface area contributed by atoms with E-state index in [1.54, 1.807) is 25.6 Å². The van der Waals surface area contributed by atoms with Gasteiger partial charge in [-0.25, -0.2) is 4.98 Å². The van der Waals surface area contributed by atoms with Gasteiger partial charge in [-0.1, -0.05) is 24.3 Å². The molecule has 1 saturated heterocycles. The molecule has 10 nitrogen and oxygen atoms in total. The smallest absolute Gasteiger partial charge is 0.244 e. The SMILES string of the molecule is COc1ccc(-c2cc(-c3cc(C)c(C)c(OC)c3)nn2C(C)=O)cc1OCN1CCN(COc2cccc(-c3nc4ccccc4s3)c2)CC1. The minimum Gasteiger partial charge on any atom is -0.496 e. The van der Waals surface area contributed by atoms with E-state index in [9.17, 15) is 4.79 Å². The minimum absolute atomic E-state index is 0.187. The van der Waals surface area contributed by atoms with Gasteiger partial charge in [0.15, 0.2) is 11.5 Å². The second-order valence-corrected chi connectivity index (χ2v) is 13.7. The third kappa shape index (κ3) is 7.46. The Kier molecular flexibility index (Phi) is 10.0. The molecular weight excluding hydrogens is 663 g/mol. The second-order valence-electron chi connectivity index (χ2n) is 12.6. The molecule has 7 rings (SSSR count). The number of fused-ring (bicyclic) bond motifs is 1. The summed E-state index contributed by atoms with van der Waals surface area (Å²) in [5.74, 6) is 2.64. The first-order chi connectivity index (χ1) is 24.8. The van der Waals surface area contributed by atoms with Gasteiger partial charge in [0, 0.05) is 49.8 Å². The van der Waals surface area contributed by atoms with Crippen molar-refractivity contribution in [1.82, 2.24) is 24.6 Å². The quantitative estimate of drug-likeness (QED) is 0.134. The first-order valence-electron chi connectivity index (χ1n) is 16.9. The van der Waals surface area contributed by atoms with Crippen molar-refractivity contribution < 1.29 is 23.7 Å². The largest absolute Gasteiger partial charge is 0.496 e. The van der Waals surface area contributed by atoms with E-state index in [2.05, 4.69) is 39.2 Å². The fraction of sp³-hybridized carbons (Fsp3) is 0.275. The Morgan fingerprint density at radius 2 is 1.47 bits per heavy atom. The third-order valence-corrected chi connectivity index (χ3v) is 10.3. The summed E-state index contributed by atoms with van der Waals surface area (Å²) < 4.78 is 26.4. The molecule has 51 heavy (non-hydrogen) atoms. The molecule has 4 aromatic carbocycles. The predicted octanol–water partition coefficient (Wildman–Crippen LogP) is 7.78. The number of piperazine rings is 1. The van der Waals surface area contributed by atoms with Crippen LogP contribution in [-0.4, -0.2) is 84.3 Å². The van der Waals surface area contributed by atoms with Gasteiger partial charge in [0.05, 0.1) is 35.8 Å². The van der Waals surface area contributed by atoms with Crippen LogP contribution in [0.1, 0.15) is 22.8 Å². The maximum absolute atomic E-state index is 12.7. The van der Waals surface area contributed by atoms with Crippen LogP contribution in [0.25, 0.3) is 43.3 Å². The van der Waals surface area contributed by atoms with Crippen molar-refractivity contribution >= 4 is 27.5 Å². The summed E-state index contributed by atoms with van der Waals surface area (Å²) >= 11 is 1.69. The normalized spacial score (nSPS) is 13.7. The fourth-order valence-corrected chi connectivity index (χ4v) is 7.15. The Hall–Kier alpha value is -5.23. The number of nitrogens with zero attached hydrogens (tertiary/aromatic N) is 5. The van der Waals surface area contributed by atoms with E-state index in [0.29, 0.717) is 36.3 Å². The van der Waals surface area contributed by atoms with Gasteiger partial charge in [0.25, 0.3) is 0 Å². The average Bonchev–Trinajstić information content (AvgIpc) is 3.81. The Labute approximate surface area is 301 Å². The molecule has 11 heteroatoms. The van der Waals surface area contributed by atoms with Crippen molar-refractivity contribution in [3.8, 4) is 56.1 Å². The molecule has 0 radical (unpaired) electrons. The predicted molar refractivity (Wildman–Crippen MR) is 201 cm³/mol. The molecule has 262 valence electrons. The number of aryl methyl sites for hydroxylation is 1. The highest BCUT2D eigenvalue weighted by molar-refractivity contribution is 7.21. The van der Waals surface area contributed by atoms with Crippen LogP contribution in [0.4, 0.5) is 0 Å². The van der Waals surface area contributed by atoms with Gasteiger partial charge >= 0.3 is 0 Å². The van der Waals surface area contributed by atoms with Crippen molar-refractivity contribution in [2.24, 2.45) is 0 Å². The van der Waals surface area contributed by atoms with Crippen molar-refractivity contribution in [1.29, 1.82) is 0 Å². The van der Waals surface area contributed by atoms with Crippen molar-refractivity contribution in [3.63, 3.8) is 0 Å². The summed E-state index contributed by atoms with van der Waals surface area (Å²) in [5, 5.41) is 5.67. The molecule has 0 atom stereocenters. The van der Waals surface area contributed by atoms with Crippen molar-refractivity contribution in [2.45, 2.75) is 20.8 Å². The van der Waals surface area contributed by atoms with Gasteiger partial charge in [-0.3, -0.25) is 14.6 Å². The number of thiazole rings is 1. The number of ether oxygens (including phenoxy) is 4. The molecular formula is C40H41N5O5S. The van der Waals surface area contributed by atoms with E-state index in [-0.39, 0.29) is 5.91 Å². The molecule has 0 unspecified atom stereocenters. The number of benzene rings is 4. The lowest BCUT2D eigenvalue weighted by Crippen LogP contribution is -2.48. The first-order valence-corrected chi connectivity index (χ1v) is 17.7. The minimum atomic E-state index is -0.187. The zero-order chi connectivity index (χ0) is 35.5. The van der Waals surface area contributed by atoms with Gasteiger partial charge in [-0.05, 0) is 85.6 Å². The second kappa shape index (κ2) is 14.9. The van der Waals surface area contributed by atoms with Gasteiger partial charge < -0.3 is 18.9 Å². The topological polar surface area (TPSA) is 91.2 Å². The molecule has 0 aliphatic carbocycles. The number of methoxy groups -OCH3 is 2. The summed E-state index contributed by atoms with van der Waals surface area (Å²) in [5.41, 5.74) is 7.26. The Morgan fingerprint density at radius 1 is 0.745 bits per heavy atom. The molecule has 0 N–H and O–H groups in total. The van der Waals surface area contributed by atoms with E-state index in [4.69, 9.17) is 23.9 Å². The van der Waals surface area contributed by atoms with Crippen LogP contribution in [0.2, 0.25) is 0 Å². The summed E-state index contributed by atoms with van der Waals surface area (Å²) in [6.45, 7) is 9.84. The van der Waals surface area contributed by atoms with Crippen molar-refractivity contribution in [2.75, 3.05) is 53.9 Å². The number of hydrogen-bond donors (Lipinski definition) is 0. The number of para-hydroxylation sites is 1. The summed E-state index contributed by atoms with van der Waals surface area (Å²) in [4.78, 5) is 22.1.